The lowest BCUT2D eigenvalue weighted by molar-refractivity contribution is 0.354. The minimum absolute atomic E-state index is 0.927. The van der Waals surface area contributed by atoms with Crippen LogP contribution in [0.25, 0.3) is 0 Å². The molecule has 2 saturated carbocycles. The molecular formula is C9H15+. The van der Waals surface area contributed by atoms with Gasteiger partial charge >= 0.3 is 0 Å². The Hall–Kier alpha value is -0.130. The summed E-state index contributed by atoms with van der Waals surface area (Å²) in [6.45, 7) is 2.37. The smallest absolute Gasteiger partial charge is 0.0458 e. The van der Waals surface area contributed by atoms with Gasteiger partial charge in [-0.05, 0) is 38.5 Å². The summed E-state index contributed by atoms with van der Waals surface area (Å²) < 4.78 is 0. The Morgan fingerprint density at radius 1 is 1.22 bits per heavy atom. The fraction of sp³-hybridized carbons (Fsp3) is 0.889. The van der Waals surface area contributed by atoms with E-state index in [1.54, 1.807) is 0 Å². The van der Waals surface area contributed by atoms with E-state index in [1.165, 1.54) is 25.7 Å². The van der Waals surface area contributed by atoms with Crippen molar-refractivity contribution in [1.29, 1.82) is 0 Å². The van der Waals surface area contributed by atoms with Gasteiger partial charge < -0.3 is 0 Å². The van der Waals surface area contributed by atoms with Gasteiger partial charge in [-0.2, -0.15) is 0 Å². The molecule has 0 amide bonds. The zero-order valence-corrected chi connectivity index (χ0v) is 6.14. The summed E-state index contributed by atoms with van der Waals surface area (Å²) in [6.07, 6.45) is 8.59. The van der Waals surface area contributed by atoms with E-state index in [0.717, 1.165) is 17.8 Å². The summed E-state index contributed by atoms with van der Waals surface area (Å²) in [4.78, 5) is 0. The number of rotatable bonds is 0. The van der Waals surface area contributed by atoms with Crippen LogP contribution >= 0.6 is 0 Å². The first-order chi connectivity index (χ1) is 4.34. The van der Waals surface area contributed by atoms with Gasteiger partial charge in [-0.25, -0.2) is 0 Å². The summed E-state index contributed by atoms with van der Waals surface area (Å²) >= 11 is 0. The molecule has 0 spiro atoms. The third-order valence-corrected chi connectivity index (χ3v) is 2.89. The number of hydrogen-bond donors (Lipinski definition) is 0. The predicted molar refractivity (Wildman–Crippen MR) is 38.9 cm³/mol. The van der Waals surface area contributed by atoms with Gasteiger partial charge in [-0.15, -0.1) is 0 Å². The molecule has 0 unspecified atom stereocenters. The first-order valence-corrected chi connectivity index (χ1v) is 4.19. The molecule has 0 saturated heterocycles. The molecule has 0 aromatic rings. The molecule has 2 rings (SSSR count). The van der Waals surface area contributed by atoms with Gasteiger partial charge in [0, 0.05) is 0 Å². The van der Waals surface area contributed by atoms with Crippen LogP contribution in [0.1, 0.15) is 32.6 Å². The van der Waals surface area contributed by atoms with Crippen molar-refractivity contribution in [3.8, 4) is 0 Å². The predicted octanol–water partition coefficient (Wildman–Crippen LogP) is 2.65. The summed E-state index contributed by atoms with van der Waals surface area (Å²) in [5, 5.41) is 0. The maximum atomic E-state index is 2.57. The fourth-order valence-electron chi connectivity index (χ4n) is 2.57. The van der Waals surface area contributed by atoms with Crippen molar-refractivity contribution in [1.82, 2.24) is 0 Å². The molecule has 2 aliphatic rings. The quantitative estimate of drug-likeness (QED) is 0.434. The average molecular weight is 123 g/mol. The molecule has 50 valence electrons. The highest BCUT2D eigenvalue weighted by Crippen LogP contribution is 2.43. The molecule has 0 heterocycles. The molecule has 0 radical (unpaired) electrons. The maximum Gasteiger partial charge on any atom is 0.0983 e. The molecule has 3 atom stereocenters. The van der Waals surface area contributed by atoms with E-state index in [1.807, 2.05) is 0 Å². The minimum Gasteiger partial charge on any atom is -0.0458 e. The molecule has 2 aliphatic carbocycles. The number of fused-ring (bicyclic) bond motifs is 2. The van der Waals surface area contributed by atoms with Crippen LogP contribution in [0, 0.1) is 24.2 Å². The normalized spacial score (nSPS) is 48.8. The molecule has 0 aromatic carbocycles. The standard InChI is InChI=1S/C9H15/c1-7-4-8-2-3-9(5-7)6-8/h4,7-9H,2-3,5-6H2,1H3/q+1/t7-,8-,9+/m1/s1. The third-order valence-electron chi connectivity index (χ3n) is 2.89. The summed E-state index contributed by atoms with van der Waals surface area (Å²) in [5.74, 6) is 3.05. The van der Waals surface area contributed by atoms with Gasteiger partial charge in [0.05, 0.1) is 18.3 Å². The molecule has 9 heavy (non-hydrogen) atoms. The van der Waals surface area contributed by atoms with Crippen molar-refractivity contribution in [3.63, 3.8) is 0 Å². The Morgan fingerprint density at radius 3 is 2.89 bits per heavy atom. The first kappa shape index (κ1) is 5.64. The van der Waals surface area contributed by atoms with E-state index >= 15 is 0 Å². The third kappa shape index (κ3) is 0.953. The first-order valence-electron chi connectivity index (χ1n) is 4.19. The van der Waals surface area contributed by atoms with Crippen LogP contribution in [0.2, 0.25) is 0 Å². The molecule has 0 aromatic heterocycles. The van der Waals surface area contributed by atoms with Crippen molar-refractivity contribution in [2.24, 2.45) is 17.8 Å². The topological polar surface area (TPSA) is 0 Å². The molecule has 0 heteroatoms. The fourth-order valence-corrected chi connectivity index (χ4v) is 2.57. The second-order valence-electron chi connectivity index (χ2n) is 3.84. The maximum absolute atomic E-state index is 2.57. The van der Waals surface area contributed by atoms with Gasteiger partial charge in [-0.3, -0.25) is 0 Å². The van der Waals surface area contributed by atoms with Crippen molar-refractivity contribution in [3.05, 3.63) is 6.42 Å². The molecular weight excluding hydrogens is 108 g/mol. The molecule has 0 N–H and O–H groups in total. The Bertz CT molecular complexity index is 94.6. The summed E-state index contributed by atoms with van der Waals surface area (Å²) in [7, 11) is 0. The lowest BCUT2D eigenvalue weighted by atomic mass is 9.82. The zero-order valence-electron chi connectivity index (χ0n) is 6.14. The van der Waals surface area contributed by atoms with Crippen LogP contribution < -0.4 is 0 Å². The minimum atomic E-state index is 0.927. The number of hydrogen-bond acceptors (Lipinski definition) is 0. The van der Waals surface area contributed by atoms with Crippen LogP contribution in [-0.4, -0.2) is 0 Å². The van der Waals surface area contributed by atoms with E-state index in [-0.39, 0.29) is 0 Å². The average Bonchev–Trinajstić information content (AvgIpc) is 2.11. The molecule has 0 nitrogen and oxygen atoms in total. The van der Waals surface area contributed by atoms with Gasteiger partial charge in [0.15, 0.2) is 0 Å². The second kappa shape index (κ2) is 1.93. The lowest BCUT2D eigenvalue weighted by Crippen LogP contribution is -2.13. The van der Waals surface area contributed by atoms with E-state index in [0.29, 0.717) is 0 Å². The van der Waals surface area contributed by atoms with Gasteiger partial charge in [-0.1, -0.05) is 0 Å². The molecule has 0 aliphatic heterocycles. The van der Waals surface area contributed by atoms with Crippen LogP contribution in [0.5, 0.6) is 0 Å². The van der Waals surface area contributed by atoms with E-state index in [9.17, 15) is 0 Å². The van der Waals surface area contributed by atoms with Crippen LogP contribution in [0.15, 0.2) is 0 Å². The highest BCUT2D eigenvalue weighted by Gasteiger charge is 2.38. The van der Waals surface area contributed by atoms with Crippen molar-refractivity contribution in [2.45, 2.75) is 32.6 Å². The summed E-state index contributed by atoms with van der Waals surface area (Å²) in [6, 6.07) is 0. The largest absolute Gasteiger partial charge is 0.0983 e. The highest BCUT2D eigenvalue weighted by molar-refractivity contribution is 4.94. The Balaban J connectivity index is 2.03. The zero-order chi connectivity index (χ0) is 6.27. The van der Waals surface area contributed by atoms with Crippen LogP contribution in [-0.2, 0) is 0 Å². The van der Waals surface area contributed by atoms with Crippen LogP contribution in [0.4, 0.5) is 0 Å². The van der Waals surface area contributed by atoms with Crippen molar-refractivity contribution < 1.29 is 0 Å². The lowest BCUT2D eigenvalue weighted by Gasteiger charge is -2.16. The van der Waals surface area contributed by atoms with E-state index < -0.39 is 0 Å². The van der Waals surface area contributed by atoms with Crippen LogP contribution in [0.3, 0.4) is 0 Å². The van der Waals surface area contributed by atoms with Crippen molar-refractivity contribution in [2.75, 3.05) is 0 Å². The monoisotopic (exact) mass is 123 g/mol. The van der Waals surface area contributed by atoms with Crippen molar-refractivity contribution >= 4 is 0 Å². The van der Waals surface area contributed by atoms with E-state index in [4.69, 9.17) is 0 Å². The van der Waals surface area contributed by atoms with Gasteiger partial charge in [0.25, 0.3) is 0 Å². The SMILES string of the molecule is C[C@@H]1[CH+][C@H]2CC[C@H](C2)C1. The second-order valence-corrected chi connectivity index (χ2v) is 3.84. The summed E-state index contributed by atoms with van der Waals surface area (Å²) in [5.41, 5.74) is 0. The Labute approximate surface area is 57.6 Å². The Kier molecular flexibility index (Phi) is 1.21. The Morgan fingerprint density at radius 2 is 2.11 bits per heavy atom. The van der Waals surface area contributed by atoms with Gasteiger partial charge in [0.1, 0.15) is 0 Å². The molecule has 2 bridgehead atoms. The highest BCUT2D eigenvalue weighted by atomic mass is 14.4. The van der Waals surface area contributed by atoms with E-state index in [2.05, 4.69) is 13.3 Å². The molecule has 2 fully saturated rings. The van der Waals surface area contributed by atoms with Gasteiger partial charge in [0.2, 0.25) is 0 Å².